The van der Waals surface area contributed by atoms with Crippen molar-refractivity contribution in [1.29, 1.82) is 0 Å². The van der Waals surface area contributed by atoms with Crippen LogP contribution in [0.15, 0.2) is 18.2 Å². The summed E-state index contributed by atoms with van der Waals surface area (Å²) in [5.74, 6) is 1.05. The Balaban J connectivity index is 2.55. The minimum atomic E-state index is 0.833. The molecule has 0 spiro atoms. The molecule has 0 bridgehead atoms. The number of rotatable bonds is 3. The van der Waals surface area contributed by atoms with Crippen LogP contribution in [0.4, 0.5) is 0 Å². The molecule has 2 rings (SSSR count). The lowest BCUT2D eigenvalue weighted by atomic mass is 10.0. The van der Waals surface area contributed by atoms with Gasteiger partial charge >= 0.3 is 0 Å². The molecule has 0 aliphatic heterocycles. The van der Waals surface area contributed by atoms with Gasteiger partial charge in [0.15, 0.2) is 0 Å². The summed E-state index contributed by atoms with van der Waals surface area (Å²) in [6, 6.07) is 6.54. The van der Waals surface area contributed by atoms with Gasteiger partial charge in [-0.3, -0.25) is 0 Å². The fourth-order valence-electron chi connectivity index (χ4n) is 2.15. The number of nitrogens with one attached hydrogen (secondary N) is 1. The standard InChI is InChI=1S/C15H21N3/c1-10-6-7-13(8-11(10)2)15-14(9-16-4)18(5)12(3)17-15/h6-8,16H,9H2,1-5H3. The van der Waals surface area contributed by atoms with E-state index in [1.807, 2.05) is 14.0 Å². The Morgan fingerprint density at radius 3 is 2.50 bits per heavy atom. The first kappa shape index (κ1) is 12.8. The van der Waals surface area contributed by atoms with Crippen molar-refractivity contribution in [3.8, 4) is 11.3 Å². The van der Waals surface area contributed by atoms with Gasteiger partial charge < -0.3 is 9.88 Å². The van der Waals surface area contributed by atoms with Crippen molar-refractivity contribution in [2.45, 2.75) is 27.3 Å². The molecule has 18 heavy (non-hydrogen) atoms. The Morgan fingerprint density at radius 2 is 1.89 bits per heavy atom. The molecule has 0 radical (unpaired) electrons. The monoisotopic (exact) mass is 243 g/mol. The van der Waals surface area contributed by atoms with E-state index in [1.165, 1.54) is 22.4 Å². The van der Waals surface area contributed by atoms with Crippen molar-refractivity contribution >= 4 is 0 Å². The number of aryl methyl sites for hydroxylation is 3. The van der Waals surface area contributed by atoms with Gasteiger partial charge in [-0.1, -0.05) is 12.1 Å². The molecule has 2 aromatic rings. The summed E-state index contributed by atoms with van der Waals surface area (Å²) in [6.45, 7) is 7.16. The topological polar surface area (TPSA) is 29.9 Å². The lowest BCUT2D eigenvalue weighted by molar-refractivity contribution is 0.722. The maximum atomic E-state index is 4.69. The van der Waals surface area contributed by atoms with Crippen LogP contribution in [0, 0.1) is 20.8 Å². The zero-order valence-corrected chi connectivity index (χ0v) is 11.8. The molecule has 0 aliphatic rings. The minimum Gasteiger partial charge on any atom is -0.334 e. The Labute approximate surface area is 109 Å². The van der Waals surface area contributed by atoms with E-state index < -0.39 is 0 Å². The van der Waals surface area contributed by atoms with Crippen LogP contribution >= 0.6 is 0 Å². The highest BCUT2D eigenvalue weighted by molar-refractivity contribution is 5.64. The van der Waals surface area contributed by atoms with E-state index in [-0.39, 0.29) is 0 Å². The fraction of sp³-hybridized carbons (Fsp3) is 0.400. The predicted octanol–water partition coefficient (Wildman–Crippen LogP) is 2.73. The van der Waals surface area contributed by atoms with Gasteiger partial charge in [0.2, 0.25) is 0 Å². The third-order valence-electron chi connectivity index (χ3n) is 3.56. The van der Waals surface area contributed by atoms with Gasteiger partial charge in [0, 0.05) is 19.2 Å². The summed E-state index contributed by atoms with van der Waals surface area (Å²) in [7, 11) is 4.03. The quantitative estimate of drug-likeness (QED) is 0.898. The van der Waals surface area contributed by atoms with E-state index >= 15 is 0 Å². The molecule has 1 N–H and O–H groups in total. The maximum absolute atomic E-state index is 4.69. The van der Waals surface area contributed by atoms with Crippen molar-refractivity contribution < 1.29 is 0 Å². The highest BCUT2D eigenvalue weighted by Gasteiger charge is 2.13. The third-order valence-corrected chi connectivity index (χ3v) is 3.56. The van der Waals surface area contributed by atoms with Gasteiger partial charge in [0.05, 0.1) is 11.4 Å². The molecular formula is C15H21N3. The van der Waals surface area contributed by atoms with Crippen molar-refractivity contribution in [3.05, 3.63) is 40.8 Å². The highest BCUT2D eigenvalue weighted by atomic mass is 15.1. The van der Waals surface area contributed by atoms with Crippen molar-refractivity contribution in [1.82, 2.24) is 14.9 Å². The molecule has 0 atom stereocenters. The summed E-state index contributed by atoms with van der Waals surface area (Å²) >= 11 is 0. The summed E-state index contributed by atoms with van der Waals surface area (Å²) in [5, 5.41) is 3.21. The fourth-order valence-corrected chi connectivity index (χ4v) is 2.15. The molecule has 1 aromatic carbocycles. The van der Waals surface area contributed by atoms with Crippen LogP contribution in [0.25, 0.3) is 11.3 Å². The average Bonchev–Trinajstić information content (AvgIpc) is 2.61. The van der Waals surface area contributed by atoms with Gasteiger partial charge in [0.1, 0.15) is 5.82 Å². The molecule has 3 nitrogen and oxygen atoms in total. The van der Waals surface area contributed by atoms with Gasteiger partial charge in [-0.15, -0.1) is 0 Å². The van der Waals surface area contributed by atoms with Crippen LogP contribution in [-0.4, -0.2) is 16.6 Å². The average molecular weight is 243 g/mol. The minimum absolute atomic E-state index is 0.833. The second-order valence-corrected chi connectivity index (χ2v) is 4.84. The summed E-state index contributed by atoms with van der Waals surface area (Å²) in [6.07, 6.45) is 0. The predicted molar refractivity (Wildman–Crippen MR) is 75.6 cm³/mol. The van der Waals surface area contributed by atoms with Gasteiger partial charge in [-0.25, -0.2) is 4.98 Å². The molecule has 0 aliphatic carbocycles. The van der Waals surface area contributed by atoms with Gasteiger partial charge in [-0.05, 0) is 45.0 Å². The first-order valence-electron chi connectivity index (χ1n) is 6.29. The van der Waals surface area contributed by atoms with E-state index in [2.05, 4.69) is 49.0 Å². The summed E-state index contributed by atoms with van der Waals surface area (Å²) in [5.41, 5.74) is 6.16. The molecule has 0 amide bonds. The van der Waals surface area contributed by atoms with Crippen molar-refractivity contribution in [3.63, 3.8) is 0 Å². The molecule has 0 unspecified atom stereocenters. The zero-order chi connectivity index (χ0) is 13.3. The van der Waals surface area contributed by atoms with Crippen LogP contribution in [0.5, 0.6) is 0 Å². The first-order chi connectivity index (χ1) is 8.54. The van der Waals surface area contributed by atoms with Crippen LogP contribution < -0.4 is 5.32 Å². The van der Waals surface area contributed by atoms with E-state index in [1.54, 1.807) is 0 Å². The van der Waals surface area contributed by atoms with Crippen LogP contribution in [0.2, 0.25) is 0 Å². The van der Waals surface area contributed by atoms with Crippen LogP contribution in [0.1, 0.15) is 22.6 Å². The lowest BCUT2D eigenvalue weighted by Crippen LogP contribution is -2.10. The van der Waals surface area contributed by atoms with Gasteiger partial charge in [0.25, 0.3) is 0 Å². The second kappa shape index (κ2) is 4.94. The lowest BCUT2D eigenvalue weighted by Gasteiger charge is -2.07. The van der Waals surface area contributed by atoms with E-state index in [4.69, 9.17) is 4.98 Å². The molecule has 96 valence electrons. The molecule has 1 aromatic heterocycles. The number of hydrogen-bond acceptors (Lipinski definition) is 2. The smallest absolute Gasteiger partial charge is 0.106 e. The number of hydrogen-bond donors (Lipinski definition) is 1. The molecule has 3 heteroatoms. The van der Waals surface area contributed by atoms with Crippen LogP contribution in [0.3, 0.4) is 0 Å². The number of benzene rings is 1. The maximum Gasteiger partial charge on any atom is 0.106 e. The normalized spacial score (nSPS) is 10.9. The zero-order valence-electron chi connectivity index (χ0n) is 11.8. The Morgan fingerprint density at radius 1 is 1.17 bits per heavy atom. The Hall–Kier alpha value is -1.61. The summed E-state index contributed by atoms with van der Waals surface area (Å²) in [4.78, 5) is 4.69. The van der Waals surface area contributed by atoms with E-state index in [0.29, 0.717) is 0 Å². The molecule has 1 heterocycles. The van der Waals surface area contributed by atoms with Crippen molar-refractivity contribution in [2.75, 3.05) is 7.05 Å². The molecule has 0 saturated carbocycles. The SMILES string of the molecule is CNCc1c(-c2ccc(C)c(C)c2)nc(C)n1C. The highest BCUT2D eigenvalue weighted by Crippen LogP contribution is 2.25. The van der Waals surface area contributed by atoms with Gasteiger partial charge in [-0.2, -0.15) is 0 Å². The largest absolute Gasteiger partial charge is 0.334 e. The third kappa shape index (κ3) is 2.18. The second-order valence-electron chi connectivity index (χ2n) is 4.84. The number of imidazole rings is 1. The molecule has 0 saturated heterocycles. The number of nitrogens with zero attached hydrogens (tertiary/aromatic N) is 2. The Bertz CT molecular complexity index is 567. The van der Waals surface area contributed by atoms with Crippen molar-refractivity contribution in [2.24, 2.45) is 7.05 Å². The molecular weight excluding hydrogens is 222 g/mol. The molecule has 0 fully saturated rings. The first-order valence-corrected chi connectivity index (χ1v) is 6.29. The summed E-state index contributed by atoms with van der Waals surface area (Å²) < 4.78 is 2.15. The van der Waals surface area contributed by atoms with E-state index in [0.717, 1.165) is 18.1 Å². The van der Waals surface area contributed by atoms with Crippen LogP contribution in [-0.2, 0) is 13.6 Å². The van der Waals surface area contributed by atoms with E-state index in [9.17, 15) is 0 Å². The number of aromatic nitrogens is 2. The Kier molecular flexibility index (Phi) is 3.53.